The van der Waals surface area contributed by atoms with Crippen LogP contribution >= 0.6 is 0 Å². The van der Waals surface area contributed by atoms with Crippen molar-refractivity contribution in [1.82, 2.24) is 0 Å². The van der Waals surface area contributed by atoms with Crippen LogP contribution in [0.25, 0.3) is 0 Å². The highest BCUT2D eigenvalue weighted by Gasteiger charge is 2.15. The highest BCUT2D eigenvalue weighted by molar-refractivity contribution is 5.94. The van der Waals surface area contributed by atoms with E-state index in [0.29, 0.717) is 35.8 Å². The minimum absolute atomic E-state index is 0.0118. The minimum Gasteiger partial charge on any atom is -0.497 e. The van der Waals surface area contributed by atoms with E-state index in [-0.39, 0.29) is 18.4 Å². The number of carbonyl (C=O) groups is 2. The molecule has 0 fully saturated rings. The number of hydrogen-bond donors (Lipinski definition) is 2. The van der Waals surface area contributed by atoms with E-state index in [2.05, 4.69) is 10.6 Å². The first-order valence-electron chi connectivity index (χ1n) is 8.16. The Morgan fingerprint density at radius 2 is 1.88 bits per heavy atom. The molecular weight excluding hydrogens is 336 g/mol. The molecular formula is C19H20N2O5. The van der Waals surface area contributed by atoms with Crippen LogP contribution in [0.4, 0.5) is 11.4 Å². The van der Waals surface area contributed by atoms with Gasteiger partial charge in [0.05, 0.1) is 19.9 Å². The second-order valence-corrected chi connectivity index (χ2v) is 5.77. The molecule has 0 aliphatic carbocycles. The van der Waals surface area contributed by atoms with Crippen LogP contribution in [0.3, 0.4) is 0 Å². The molecule has 2 aromatic rings. The van der Waals surface area contributed by atoms with Gasteiger partial charge in [-0.1, -0.05) is 0 Å². The molecule has 0 saturated carbocycles. The third kappa shape index (κ3) is 4.05. The SMILES string of the molecule is COc1ccc(OC)c(NC(=O)COc2ccc3c(c2)CCC(=O)N3)c1. The summed E-state index contributed by atoms with van der Waals surface area (Å²) < 4.78 is 16.0. The molecule has 0 bridgehead atoms. The van der Waals surface area contributed by atoms with Gasteiger partial charge >= 0.3 is 0 Å². The summed E-state index contributed by atoms with van der Waals surface area (Å²) in [7, 11) is 3.08. The molecule has 2 amide bonds. The summed E-state index contributed by atoms with van der Waals surface area (Å²) in [5.74, 6) is 1.41. The molecule has 7 heteroatoms. The molecule has 0 atom stereocenters. The predicted octanol–water partition coefficient (Wildman–Crippen LogP) is 2.61. The molecule has 0 radical (unpaired) electrons. The highest BCUT2D eigenvalue weighted by atomic mass is 16.5. The molecule has 2 N–H and O–H groups in total. The minimum atomic E-state index is -0.317. The summed E-state index contributed by atoms with van der Waals surface area (Å²) in [4.78, 5) is 23.6. The van der Waals surface area contributed by atoms with Crippen molar-refractivity contribution in [2.45, 2.75) is 12.8 Å². The second kappa shape index (κ2) is 7.77. The lowest BCUT2D eigenvalue weighted by molar-refractivity contribution is -0.118. The number of nitrogens with one attached hydrogen (secondary N) is 2. The van der Waals surface area contributed by atoms with E-state index in [4.69, 9.17) is 14.2 Å². The number of carbonyl (C=O) groups excluding carboxylic acids is 2. The third-order valence-electron chi connectivity index (χ3n) is 4.02. The van der Waals surface area contributed by atoms with Gasteiger partial charge in [-0.05, 0) is 42.3 Å². The summed E-state index contributed by atoms with van der Waals surface area (Å²) in [6.07, 6.45) is 1.11. The molecule has 1 aliphatic heterocycles. The van der Waals surface area contributed by atoms with Gasteiger partial charge in [-0.15, -0.1) is 0 Å². The lowest BCUT2D eigenvalue weighted by Gasteiger charge is -2.17. The number of rotatable bonds is 6. The van der Waals surface area contributed by atoms with Crippen LogP contribution in [-0.4, -0.2) is 32.6 Å². The summed E-state index contributed by atoms with van der Waals surface area (Å²) in [5, 5.41) is 5.56. The van der Waals surface area contributed by atoms with Crippen molar-refractivity contribution >= 4 is 23.2 Å². The monoisotopic (exact) mass is 356 g/mol. The molecule has 136 valence electrons. The molecule has 7 nitrogen and oxygen atoms in total. The quantitative estimate of drug-likeness (QED) is 0.831. The van der Waals surface area contributed by atoms with Crippen molar-refractivity contribution in [1.29, 1.82) is 0 Å². The van der Waals surface area contributed by atoms with E-state index in [1.807, 2.05) is 6.07 Å². The Morgan fingerprint density at radius 1 is 1.08 bits per heavy atom. The zero-order valence-electron chi connectivity index (χ0n) is 14.6. The van der Waals surface area contributed by atoms with E-state index >= 15 is 0 Å². The van der Waals surface area contributed by atoms with E-state index in [1.54, 1.807) is 37.4 Å². The Bertz CT molecular complexity index is 835. The number of benzene rings is 2. The van der Waals surface area contributed by atoms with Gasteiger partial charge in [0.2, 0.25) is 5.91 Å². The maximum absolute atomic E-state index is 12.2. The van der Waals surface area contributed by atoms with Crippen LogP contribution in [0, 0.1) is 0 Å². The van der Waals surface area contributed by atoms with Crippen LogP contribution in [-0.2, 0) is 16.0 Å². The topological polar surface area (TPSA) is 85.9 Å². The Hall–Kier alpha value is -3.22. The highest BCUT2D eigenvalue weighted by Crippen LogP contribution is 2.29. The zero-order valence-corrected chi connectivity index (χ0v) is 14.6. The van der Waals surface area contributed by atoms with Gasteiger partial charge in [0.25, 0.3) is 5.91 Å². The Kier molecular flexibility index (Phi) is 5.26. The van der Waals surface area contributed by atoms with E-state index in [9.17, 15) is 9.59 Å². The molecule has 1 heterocycles. The molecule has 0 spiro atoms. The number of anilines is 2. The molecule has 26 heavy (non-hydrogen) atoms. The van der Waals surface area contributed by atoms with Crippen LogP contribution in [0.2, 0.25) is 0 Å². The summed E-state index contributed by atoms with van der Waals surface area (Å²) in [5.41, 5.74) is 2.30. The van der Waals surface area contributed by atoms with Crippen molar-refractivity contribution < 1.29 is 23.8 Å². The molecule has 1 aliphatic rings. The molecule has 0 saturated heterocycles. The smallest absolute Gasteiger partial charge is 0.262 e. The van der Waals surface area contributed by atoms with Crippen molar-refractivity contribution in [2.24, 2.45) is 0 Å². The van der Waals surface area contributed by atoms with Gasteiger partial charge in [-0.3, -0.25) is 9.59 Å². The van der Waals surface area contributed by atoms with E-state index < -0.39 is 0 Å². The van der Waals surface area contributed by atoms with Crippen molar-refractivity contribution in [2.75, 3.05) is 31.5 Å². The molecule has 2 aromatic carbocycles. The van der Waals surface area contributed by atoms with Crippen molar-refractivity contribution in [3.63, 3.8) is 0 Å². The van der Waals surface area contributed by atoms with Crippen LogP contribution < -0.4 is 24.8 Å². The second-order valence-electron chi connectivity index (χ2n) is 5.77. The van der Waals surface area contributed by atoms with Crippen LogP contribution in [0.15, 0.2) is 36.4 Å². The number of ether oxygens (including phenoxy) is 3. The van der Waals surface area contributed by atoms with Gasteiger partial charge in [0.1, 0.15) is 17.2 Å². The van der Waals surface area contributed by atoms with E-state index in [1.165, 1.54) is 7.11 Å². The Morgan fingerprint density at radius 3 is 2.65 bits per heavy atom. The van der Waals surface area contributed by atoms with Crippen LogP contribution in [0.1, 0.15) is 12.0 Å². The molecule has 0 aromatic heterocycles. The normalized spacial score (nSPS) is 12.6. The third-order valence-corrected chi connectivity index (χ3v) is 4.02. The molecule has 3 rings (SSSR count). The standard InChI is InChI=1S/C19H20N2O5/c1-24-13-5-7-17(25-2)16(10-13)21-19(23)11-26-14-4-6-15-12(9-14)3-8-18(22)20-15/h4-7,9-10H,3,8,11H2,1-2H3,(H,20,22)(H,21,23). The Balaban J connectivity index is 1.62. The number of aryl methyl sites for hydroxylation is 1. The lowest BCUT2D eigenvalue weighted by atomic mass is 10.0. The fourth-order valence-corrected chi connectivity index (χ4v) is 2.70. The van der Waals surface area contributed by atoms with Crippen molar-refractivity contribution in [3.8, 4) is 17.2 Å². The van der Waals surface area contributed by atoms with Crippen molar-refractivity contribution in [3.05, 3.63) is 42.0 Å². The zero-order chi connectivity index (χ0) is 18.5. The first kappa shape index (κ1) is 17.6. The predicted molar refractivity (Wildman–Crippen MR) is 97.1 cm³/mol. The number of hydrogen-bond acceptors (Lipinski definition) is 5. The average Bonchev–Trinajstić information content (AvgIpc) is 2.66. The summed E-state index contributed by atoms with van der Waals surface area (Å²) in [6, 6.07) is 10.5. The summed E-state index contributed by atoms with van der Waals surface area (Å²) >= 11 is 0. The lowest BCUT2D eigenvalue weighted by Crippen LogP contribution is -2.21. The van der Waals surface area contributed by atoms with Gasteiger partial charge in [-0.2, -0.15) is 0 Å². The average molecular weight is 356 g/mol. The number of methoxy groups -OCH3 is 2. The first-order valence-corrected chi connectivity index (χ1v) is 8.16. The van der Waals surface area contributed by atoms with Gasteiger partial charge in [0, 0.05) is 18.2 Å². The van der Waals surface area contributed by atoms with Crippen LogP contribution in [0.5, 0.6) is 17.2 Å². The van der Waals surface area contributed by atoms with E-state index in [0.717, 1.165) is 11.3 Å². The van der Waals surface area contributed by atoms with Gasteiger partial charge in [-0.25, -0.2) is 0 Å². The maximum Gasteiger partial charge on any atom is 0.262 e. The largest absolute Gasteiger partial charge is 0.497 e. The molecule has 0 unspecified atom stereocenters. The number of amides is 2. The first-order chi connectivity index (χ1) is 12.6. The number of fused-ring (bicyclic) bond motifs is 1. The summed E-state index contributed by atoms with van der Waals surface area (Å²) in [6.45, 7) is -0.147. The van der Waals surface area contributed by atoms with Gasteiger partial charge < -0.3 is 24.8 Å². The Labute approximate surface area is 151 Å². The fraction of sp³-hybridized carbons (Fsp3) is 0.263. The maximum atomic E-state index is 12.2. The van der Waals surface area contributed by atoms with Gasteiger partial charge in [0.15, 0.2) is 6.61 Å². The fourth-order valence-electron chi connectivity index (χ4n) is 2.70.